The second-order valence-corrected chi connectivity index (χ2v) is 7.07. The van der Waals surface area contributed by atoms with E-state index >= 15 is 0 Å². The molecule has 1 saturated carbocycles. The Morgan fingerprint density at radius 3 is 2.59 bits per heavy atom. The molecule has 17 heavy (non-hydrogen) atoms. The summed E-state index contributed by atoms with van der Waals surface area (Å²) in [6.45, 7) is 11.0. The van der Waals surface area contributed by atoms with Crippen LogP contribution in [0.15, 0.2) is 11.6 Å². The summed E-state index contributed by atoms with van der Waals surface area (Å²) in [6, 6.07) is 0. The number of allylic oxidation sites excluding steroid dienone is 2. The number of hydrogen-bond donors (Lipinski definition) is 0. The maximum absolute atomic E-state index is 12.0. The smallest absolute Gasteiger partial charge is 0.136 e. The van der Waals surface area contributed by atoms with Crippen LogP contribution in [0.3, 0.4) is 0 Å². The fourth-order valence-electron chi connectivity index (χ4n) is 4.15. The molecule has 0 aromatic carbocycles. The van der Waals surface area contributed by atoms with E-state index in [0.717, 1.165) is 6.42 Å². The fraction of sp³-hybridized carbons (Fsp3) is 0.812. The Labute approximate surface area is 106 Å². The Kier molecular flexibility index (Phi) is 3.00. The van der Waals surface area contributed by atoms with Crippen molar-refractivity contribution in [1.29, 1.82) is 0 Å². The van der Waals surface area contributed by atoms with E-state index in [4.69, 9.17) is 0 Å². The number of Topliss-reactive ketones (excluding diaryl/α,β-unsaturated/α-hetero) is 1. The molecule has 0 bridgehead atoms. The standard InChI is InChI=1S/C16H26O/c1-11-14-13(7-6-9-15(14,3)4)8-10-16(11,5)12(2)17/h8,11,14H,6-7,9-10H2,1-5H3/t11-,14?,16-/m1/s1. The summed E-state index contributed by atoms with van der Waals surface area (Å²) in [5, 5.41) is 0. The number of carbonyl (C=O) groups excluding carboxylic acids is 1. The molecule has 96 valence electrons. The van der Waals surface area contributed by atoms with Gasteiger partial charge in [0.05, 0.1) is 0 Å². The minimum atomic E-state index is -0.136. The van der Waals surface area contributed by atoms with Gasteiger partial charge in [0.1, 0.15) is 5.78 Å². The first-order valence-corrected chi connectivity index (χ1v) is 6.99. The van der Waals surface area contributed by atoms with E-state index in [-0.39, 0.29) is 5.41 Å². The van der Waals surface area contributed by atoms with Gasteiger partial charge in [-0.2, -0.15) is 0 Å². The van der Waals surface area contributed by atoms with Crippen molar-refractivity contribution in [2.45, 2.75) is 60.3 Å². The van der Waals surface area contributed by atoms with Crippen LogP contribution in [0, 0.1) is 22.7 Å². The molecular weight excluding hydrogens is 208 g/mol. The molecule has 2 aliphatic carbocycles. The van der Waals surface area contributed by atoms with Crippen LogP contribution < -0.4 is 0 Å². The third-order valence-electron chi connectivity index (χ3n) is 5.63. The molecule has 1 heteroatoms. The van der Waals surface area contributed by atoms with Crippen LogP contribution in [0.4, 0.5) is 0 Å². The predicted octanol–water partition coefficient (Wildman–Crippen LogP) is 4.37. The van der Waals surface area contributed by atoms with Gasteiger partial charge < -0.3 is 0 Å². The van der Waals surface area contributed by atoms with Crippen molar-refractivity contribution in [2.75, 3.05) is 0 Å². The number of carbonyl (C=O) groups is 1. The molecule has 0 heterocycles. The van der Waals surface area contributed by atoms with Crippen molar-refractivity contribution in [3.8, 4) is 0 Å². The van der Waals surface area contributed by atoms with Crippen LogP contribution in [-0.4, -0.2) is 5.78 Å². The molecule has 0 aliphatic heterocycles. The molecule has 0 aromatic heterocycles. The molecular formula is C16H26O. The Balaban J connectivity index is 2.41. The van der Waals surface area contributed by atoms with Crippen molar-refractivity contribution >= 4 is 5.78 Å². The lowest BCUT2D eigenvalue weighted by Gasteiger charge is -2.52. The molecule has 1 nitrogen and oxygen atoms in total. The normalized spacial score (nSPS) is 40.4. The van der Waals surface area contributed by atoms with Crippen LogP contribution in [0.25, 0.3) is 0 Å². The molecule has 0 aromatic rings. The summed E-state index contributed by atoms with van der Waals surface area (Å²) >= 11 is 0. The van der Waals surface area contributed by atoms with E-state index in [1.54, 1.807) is 12.5 Å². The molecule has 0 saturated heterocycles. The summed E-state index contributed by atoms with van der Waals surface area (Å²) in [5.41, 5.74) is 1.86. The number of rotatable bonds is 1. The Hall–Kier alpha value is -0.590. The SMILES string of the molecule is CC(=O)[C@]1(C)CC=C2CCCC(C)(C)C2[C@H]1C. The van der Waals surface area contributed by atoms with E-state index in [0.29, 0.717) is 23.0 Å². The molecule has 3 atom stereocenters. The van der Waals surface area contributed by atoms with Crippen LogP contribution in [0.2, 0.25) is 0 Å². The maximum Gasteiger partial charge on any atom is 0.136 e. The molecule has 0 amide bonds. The minimum absolute atomic E-state index is 0.136. The average Bonchev–Trinajstić information content (AvgIpc) is 2.22. The van der Waals surface area contributed by atoms with E-state index in [1.807, 2.05) is 0 Å². The lowest BCUT2D eigenvalue weighted by Crippen LogP contribution is -2.46. The zero-order valence-electron chi connectivity index (χ0n) is 12.0. The first-order valence-electron chi connectivity index (χ1n) is 6.99. The highest BCUT2D eigenvalue weighted by atomic mass is 16.1. The summed E-state index contributed by atoms with van der Waals surface area (Å²) in [5.74, 6) is 1.45. The van der Waals surface area contributed by atoms with E-state index in [2.05, 4.69) is 33.8 Å². The quantitative estimate of drug-likeness (QED) is 0.616. The number of fused-ring (bicyclic) bond motifs is 1. The zero-order valence-corrected chi connectivity index (χ0v) is 12.0. The van der Waals surface area contributed by atoms with Crippen LogP contribution in [0.1, 0.15) is 60.3 Å². The van der Waals surface area contributed by atoms with Gasteiger partial charge in [-0.05, 0) is 49.9 Å². The third kappa shape index (κ3) is 1.88. The summed E-state index contributed by atoms with van der Waals surface area (Å²) in [6.07, 6.45) is 7.21. The van der Waals surface area contributed by atoms with Crippen molar-refractivity contribution in [1.82, 2.24) is 0 Å². The molecule has 0 spiro atoms. The highest BCUT2D eigenvalue weighted by Crippen LogP contribution is 2.55. The molecule has 1 unspecified atom stereocenters. The van der Waals surface area contributed by atoms with E-state index in [9.17, 15) is 4.79 Å². The lowest BCUT2D eigenvalue weighted by atomic mass is 9.52. The van der Waals surface area contributed by atoms with Gasteiger partial charge in [0.2, 0.25) is 0 Å². The van der Waals surface area contributed by atoms with Gasteiger partial charge in [0.25, 0.3) is 0 Å². The highest BCUT2D eigenvalue weighted by molar-refractivity contribution is 5.82. The largest absolute Gasteiger partial charge is 0.299 e. The highest BCUT2D eigenvalue weighted by Gasteiger charge is 2.49. The monoisotopic (exact) mass is 234 g/mol. The topological polar surface area (TPSA) is 17.1 Å². The van der Waals surface area contributed by atoms with Gasteiger partial charge in [-0.25, -0.2) is 0 Å². The van der Waals surface area contributed by atoms with Gasteiger partial charge in [-0.1, -0.05) is 39.3 Å². The zero-order chi connectivity index (χ0) is 12.8. The Morgan fingerprint density at radius 1 is 1.35 bits per heavy atom. The van der Waals surface area contributed by atoms with Gasteiger partial charge in [-0.15, -0.1) is 0 Å². The van der Waals surface area contributed by atoms with E-state index < -0.39 is 0 Å². The minimum Gasteiger partial charge on any atom is -0.299 e. The Bertz CT molecular complexity index is 364. The number of hydrogen-bond acceptors (Lipinski definition) is 1. The van der Waals surface area contributed by atoms with Gasteiger partial charge in [0, 0.05) is 5.41 Å². The predicted molar refractivity (Wildman–Crippen MR) is 71.8 cm³/mol. The van der Waals surface area contributed by atoms with Crippen LogP contribution >= 0.6 is 0 Å². The first kappa shape index (κ1) is 12.9. The lowest BCUT2D eigenvalue weighted by molar-refractivity contribution is -0.131. The summed E-state index contributed by atoms with van der Waals surface area (Å²) in [4.78, 5) is 12.0. The van der Waals surface area contributed by atoms with Crippen molar-refractivity contribution in [2.24, 2.45) is 22.7 Å². The van der Waals surface area contributed by atoms with Crippen LogP contribution in [0.5, 0.6) is 0 Å². The molecule has 0 N–H and O–H groups in total. The van der Waals surface area contributed by atoms with E-state index in [1.165, 1.54) is 19.3 Å². The fourth-order valence-corrected chi connectivity index (χ4v) is 4.15. The van der Waals surface area contributed by atoms with Crippen molar-refractivity contribution in [3.63, 3.8) is 0 Å². The first-order chi connectivity index (χ1) is 7.79. The van der Waals surface area contributed by atoms with Gasteiger partial charge in [-0.3, -0.25) is 4.79 Å². The second kappa shape index (κ2) is 3.96. The van der Waals surface area contributed by atoms with Gasteiger partial charge >= 0.3 is 0 Å². The average molecular weight is 234 g/mol. The Morgan fingerprint density at radius 2 is 2.00 bits per heavy atom. The maximum atomic E-state index is 12.0. The van der Waals surface area contributed by atoms with Crippen molar-refractivity contribution < 1.29 is 4.79 Å². The van der Waals surface area contributed by atoms with Crippen molar-refractivity contribution in [3.05, 3.63) is 11.6 Å². The summed E-state index contributed by atoms with van der Waals surface area (Å²) < 4.78 is 0. The molecule has 0 radical (unpaired) electrons. The number of ketones is 1. The molecule has 2 aliphatic rings. The molecule has 2 rings (SSSR count). The third-order valence-corrected chi connectivity index (χ3v) is 5.63. The molecule has 1 fully saturated rings. The summed E-state index contributed by atoms with van der Waals surface area (Å²) in [7, 11) is 0. The van der Waals surface area contributed by atoms with Gasteiger partial charge in [0.15, 0.2) is 0 Å². The second-order valence-electron chi connectivity index (χ2n) is 7.07. The van der Waals surface area contributed by atoms with Crippen LogP contribution in [-0.2, 0) is 4.79 Å².